The van der Waals surface area contributed by atoms with Gasteiger partial charge in [-0.25, -0.2) is 9.97 Å². The van der Waals surface area contributed by atoms with Crippen LogP contribution in [0, 0.1) is 20.8 Å². The van der Waals surface area contributed by atoms with Crippen LogP contribution < -0.4 is 10.6 Å². The molecule has 2 heterocycles. The van der Waals surface area contributed by atoms with Crippen LogP contribution in [0.4, 0.5) is 11.6 Å². The Balaban J connectivity index is 1.74. The molecule has 0 unspecified atom stereocenters. The van der Waals surface area contributed by atoms with E-state index in [2.05, 4.69) is 31.7 Å². The molecule has 2 aromatic heterocycles. The number of anilines is 2. The van der Waals surface area contributed by atoms with Crippen LogP contribution in [0.15, 0.2) is 48.8 Å². The molecule has 0 fully saturated rings. The van der Waals surface area contributed by atoms with Crippen LogP contribution in [0.2, 0.25) is 0 Å². The van der Waals surface area contributed by atoms with Gasteiger partial charge in [-0.3, -0.25) is 9.78 Å². The molecule has 132 valence electrons. The lowest BCUT2D eigenvalue weighted by Crippen LogP contribution is -2.16. The summed E-state index contributed by atoms with van der Waals surface area (Å²) >= 11 is 0. The quantitative estimate of drug-likeness (QED) is 0.736. The number of aromatic nitrogens is 3. The molecule has 0 spiro atoms. The number of pyridine rings is 1. The van der Waals surface area contributed by atoms with Gasteiger partial charge < -0.3 is 10.6 Å². The number of aryl methyl sites for hydroxylation is 3. The highest BCUT2D eigenvalue weighted by atomic mass is 16.1. The fourth-order valence-electron chi connectivity index (χ4n) is 2.69. The summed E-state index contributed by atoms with van der Waals surface area (Å²) in [6.45, 7) is 6.40. The molecule has 1 amide bonds. The molecule has 6 heteroatoms. The lowest BCUT2D eigenvalue weighted by Gasteiger charge is -2.10. The summed E-state index contributed by atoms with van der Waals surface area (Å²) in [6.07, 6.45) is 3.47. The van der Waals surface area contributed by atoms with Gasteiger partial charge in [-0.1, -0.05) is 6.07 Å². The summed E-state index contributed by atoms with van der Waals surface area (Å²) < 4.78 is 0. The van der Waals surface area contributed by atoms with Crippen LogP contribution in [0.3, 0.4) is 0 Å². The molecule has 2 N–H and O–H groups in total. The number of hydrogen-bond donors (Lipinski definition) is 2. The Kier molecular flexibility index (Phi) is 5.22. The number of carbonyl (C=O) groups excluding carboxylic acids is 1. The third kappa shape index (κ3) is 4.63. The largest absolute Gasteiger partial charge is 0.350 e. The minimum absolute atomic E-state index is 0.257. The van der Waals surface area contributed by atoms with E-state index >= 15 is 0 Å². The van der Waals surface area contributed by atoms with Gasteiger partial charge in [-0.05, 0) is 67.8 Å². The number of hydrogen-bond acceptors (Lipinski definition) is 5. The van der Waals surface area contributed by atoms with Crippen molar-refractivity contribution >= 4 is 17.5 Å². The minimum Gasteiger partial charge on any atom is -0.350 e. The molecule has 0 saturated carbocycles. The van der Waals surface area contributed by atoms with Crippen molar-refractivity contribution in [3.8, 4) is 0 Å². The number of carbonyl (C=O) groups is 1. The monoisotopic (exact) mass is 347 g/mol. The van der Waals surface area contributed by atoms with Crippen molar-refractivity contribution in [1.29, 1.82) is 0 Å². The van der Waals surface area contributed by atoms with Crippen LogP contribution in [-0.2, 0) is 6.54 Å². The topological polar surface area (TPSA) is 79.8 Å². The van der Waals surface area contributed by atoms with Crippen molar-refractivity contribution in [3.05, 3.63) is 76.9 Å². The van der Waals surface area contributed by atoms with Gasteiger partial charge in [0.25, 0.3) is 5.91 Å². The van der Waals surface area contributed by atoms with Crippen LogP contribution in [0.25, 0.3) is 0 Å². The molecule has 0 atom stereocenters. The first-order valence-electron chi connectivity index (χ1n) is 8.38. The van der Waals surface area contributed by atoms with E-state index in [4.69, 9.17) is 0 Å². The third-order valence-corrected chi connectivity index (χ3v) is 3.77. The Hall–Kier alpha value is -3.28. The van der Waals surface area contributed by atoms with Gasteiger partial charge in [0.2, 0.25) is 5.95 Å². The lowest BCUT2D eigenvalue weighted by atomic mass is 10.1. The first kappa shape index (κ1) is 17.5. The Bertz CT molecular complexity index is 904. The number of nitrogens with zero attached hydrogens (tertiary/aromatic N) is 3. The molecular formula is C20H21N5O. The fourth-order valence-corrected chi connectivity index (χ4v) is 2.69. The van der Waals surface area contributed by atoms with E-state index in [0.29, 0.717) is 18.2 Å². The maximum absolute atomic E-state index is 12.6. The zero-order valence-electron chi connectivity index (χ0n) is 15.1. The van der Waals surface area contributed by atoms with Crippen LogP contribution >= 0.6 is 0 Å². The first-order chi connectivity index (χ1) is 12.5. The van der Waals surface area contributed by atoms with Crippen molar-refractivity contribution in [2.45, 2.75) is 27.3 Å². The van der Waals surface area contributed by atoms with Crippen molar-refractivity contribution in [2.24, 2.45) is 0 Å². The van der Waals surface area contributed by atoms with E-state index in [9.17, 15) is 4.79 Å². The normalized spacial score (nSPS) is 10.4. The highest BCUT2D eigenvalue weighted by molar-refractivity contribution is 6.03. The van der Waals surface area contributed by atoms with Crippen LogP contribution in [-0.4, -0.2) is 20.9 Å². The van der Waals surface area contributed by atoms with Crippen LogP contribution in [0.5, 0.6) is 0 Å². The molecular weight excluding hydrogens is 326 g/mol. The summed E-state index contributed by atoms with van der Waals surface area (Å²) in [6, 6.07) is 11.4. The fraction of sp³-hybridized carbons (Fsp3) is 0.200. The number of nitrogens with one attached hydrogen (secondary N) is 2. The van der Waals surface area contributed by atoms with Gasteiger partial charge in [0.15, 0.2) is 0 Å². The van der Waals surface area contributed by atoms with Crippen molar-refractivity contribution in [1.82, 2.24) is 15.0 Å². The molecule has 0 aliphatic carbocycles. The van der Waals surface area contributed by atoms with E-state index in [1.54, 1.807) is 18.5 Å². The second-order valence-corrected chi connectivity index (χ2v) is 6.26. The summed E-state index contributed by atoms with van der Waals surface area (Å²) in [4.78, 5) is 25.3. The van der Waals surface area contributed by atoms with Crippen molar-refractivity contribution < 1.29 is 4.79 Å². The zero-order valence-corrected chi connectivity index (χ0v) is 15.1. The number of benzene rings is 1. The molecule has 0 bridgehead atoms. The average Bonchev–Trinajstić information content (AvgIpc) is 2.59. The predicted molar refractivity (Wildman–Crippen MR) is 102 cm³/mol. The number of rotatable bonds is 5. The first-order valence-corrected chi connectivity index (χ1v) is 8.38. The smallest absolute Gasteiger partial charge is 0.274 e. The molecule has 6 nitrogen and oxygen atoms in total. The molecule has 0 saturated heterocycles. The SMILES string of the molecule is Cc1cc(C)cc(NC(=O)c2cc(C)nc(NCc3ccncc3)n2)c1. The zero-order chi connectivity index (χ0) is 18.5. The predicted octanol–water partition coefficient (Wildman–Crippen LogP) is 3.66. The molecule has 3 rings (SSSR count). The van der Waals surface area contributed by atoms with E-state index in [-0.39, 0.29) is 5.91 Å². The van der Waals surface area contributed by atoms with E-state index < -0.39 is 0 Å². The summed E-state index contributed by atoms with van der Waals surface area (Å²) in [5.74, 6) is 0.167. The Morgan fingerprint density at radius 1 is 0.962 bits per heavy atom. The summed E-state index contributed by atoms with van der Waals surface area (Å²) in [5, 5.41) is 6.05. The Morgan fingerprint density at radius 3 is 2.35 bits per heavy atom. The van der Waals surface area contributed by atoms with E-state index in [1.165, 1.54) is 0 Å². The van der Waals surface area contributed by atoms with Crippen LogP contribution in [0.1, 0.15) is 32.9 Å². The molecule has 0 aliphatic rings. The van der Waals surface area contributed by atoms with Gasteiger partial charge in [0.05, 0.1) is 0 Å². The van der Waals surface area contributed by atoms with Gasteiger partial charge in [0, 0.05) is 30.3 Å². The summed E-state index contributed by atoms with van der Waals surface area (Å²) in [7, 11) is 0. The molecule has 0 radical (unpaired) electrons. The van der Waals surface area contributed by atoms with Crippen molar-refractivity contribution in [2.75, 3.05) is 10.6 Å². The average molecular weight is 347 g/mol. The highest BCUT2D eigenvalue weighted by Crippen LogP contribution is 2.15. The Morgan fingerprint density at radius 2 is 1.65 bits per heavy atom. The maximum atomic E-state index is 12.6. The number of amides is 1. The standard InChI is InChI=1S/C20H21N5O/c1-13-8-14(2)10-17(9-13)24-19(26)18-11-15(3)23-20(25-18)22-12-16-4-6-21-7-5-16/h4-11H,12H2,1-3H3,(H,24,26)(H,22,23,25). The molecule has 26 heavy (non-hydrogen) atoms. The third-order valence-electron chi connectivity index (χ3n) is 3.77. The summed E-state index contributed by atoms with van der Waals surface area (Å²) in [5.41, 5.74) is 5.07. The van der Waals surface area contributed by atoms with Gasteiger partial charge >= 0.3 is 0 Å². The van der Waals surface area contributed by atoms with Gasteiger partial charge in [-0.15, -0.1) is 0 Å². The van der Waals surface area contributed by atoms with Gasteiger partial charge in [-0.2, -0.15) is 0 Å². The van der Waals surface area contributed by atoms with Crippen molar-refractivity contribution in [3.63, 3.8) is 0 Å². The molecule has 0 aliphatic heterocycles. The van der Waals surface area contributed by atoms with E-state index in [1.807, 2.05) is 45.0 Å². The Labute approximate surface area is 152 Å². The van der Waals surface area contributed by atoms with Gasteiger partial charge in [0.1, 0.15) is 5.69 Å². The lowest BCUT2D eigenvalue weighted by molar-refractivity contribution is 0.102. The molecule has 3 aromatic rings. The second kappa shape index (κ2) is 7.74. The maximum Gasteiger partial charge on any atom is 0.274 e. The second-order valence-electron chi connectivity index (χ2n) is 6.26. The highest BCUT2D eigenvalue weighted by Gasteiger charge is 2.11. The van der Waals surface area contributed by atoms with E-state index in [0.717, 1.165) is 28.1 Å². The minimum atomic E-state index is -0.257. The molecule has 1 aromatic carbocycles.